The van der Waals surface area contributed by atoms with E-state index in [0.717, 1.165) is 11.3 Å². The van der Waals surface area contributed by atoms with Gasteiger partial charge in [-0.3, -0.25) is 9.59 Å². The van der Waals surface area contributed by atoms with Crippen LogP contribution in [0.15, 0.2) is 47.4 Å². The summed E-state index contributed by atoms with van der Waals surface area (Å²) in [6.07, 6.45) is 3.21. The maximum absolute atomic E-state index is 13.3. The highest BCUT2D eigenvalue weighted by atomic mass is 32.2. The second kappa shape index (κ2) is 9.24. The van der Waals surface area contributed by atoms with Crippen LogP contribution in [0.4, 0.5) is 5.69 Å². The van der Waals surface area contributed by atoms with E-state index in [0.29, 0.717) is 30.1 Å². The van der Waals surface area contributed by atoms with Crippen LogP contribution in [-0.4, -0.2) is 69.3 Å². The van der Waals surface area contributed by atoms with Crippen molar-refractivity contribution in [2.45, 2.75) is 11.8 Å². The number of ether oxygens (including phenoxy) is 2. The van der Waals surface area contributed by atoms with E-state index >= 15 is 0 Å². The molecule has 2 aliphatic rings. The van der Waals surface area contributed by atoms with Gasteiger partial charge in [-0.2, -0.15) is 4.31 Å². The lowest BCUT2D eigenvalue weighted by atomic mass is 10.2. The lowest BCUT2D eigenvalue weighted by molar-refractivity contribution is -0.127. The lowest BCUT2D eigenvalue weighted by Crippen LogP contribution is -2.50. The highest BCUT2D eigenvalue weighted by Crippen LogP contribution is 2.34. The highest BCUT2D eigenvalue weighted by Gasteiger charge is 2.32. The lowest BCUT2D eigenvalue weighted by Gasteiger charge is -2.34. The Morgan fingerprint density at radius 1 is 1.12 bits per heavy atom. The molecule has 1 fully saturated rings. The van der Waals surface area contributed by atoms with Gasteiger partial charge in [0.05, 0.1) is 17.7 Å². The minimum Gasteiger partial charge on any atom is -0.497 e. The fourth-order valence-electron chi connectivity index (χ4n) is 3.77. The van der Waals surface area contributed by atoms with Crippen molar-refractivity contribution in [2.24, 2.45) is 0 Å². The number of methoxy groups -OCH3 is 1. The van der Waals surface area contributed by atoms with E-state index in [-0.39, 0.29) is 36.4 Å². The van der Waals surface area contributed by atoms with Crippen LogP contribution in [0.2, 0.25) is 0 Å². The van der Waals surface area contributed by atoms with Gasteiger partial charge in [-0.05, 0) is 42.3 Å². The molecular formula is C23H25N3O6S. The van der Waals surface area contributed by atoms with E-state index in [2.05, 4.69) is 5.32 Å². The summed E-state index contributed by atoms with van der Waals surface area (Å²) < 4.78 is 38.4. The van der Waals surface area contributed by atoms with E-state index in [1.807, 2.05) is 24.3 Å². The molecule has 1 saturated heterocycles. The van der Waals surface area contributed by atoms with E-state index in [4.69, 9.17) is 9.47 Å². The fourth-order valence-corrected chi connectivity index (χ4v) is 5.41. The number of fused-ring (bicyclic) bond motifs is 1. The topological polar surface area (TPSA) is 105 Å². The molecule has 174 valence electrons. The Bertz CT molecular complexity index is 1200. The standard InChI is InChI=1S/C23H25N3O6S/c1-16-13-19-20(32-15-22(27)24-19)14-21(16)33(29,30)26-11-9-25(10-12-26)23(28)8-5-17-3-6-18(31-2)7-4-17/h3-8,13-14H,9-12,15H2,1-2H3,(H,24,27)/b8-5+. The van der Waals surface area contributed by atoms with Crippen LogP contribution in [0, 0.1) is 6.92 Å². The van der Waals surface area contributed by atoms with Gasteiger partial charge >= 0.3 is 0 Å². The molecule has 1 N–H and O–H groups in total. The quantitative estimate of drug-likeness (QED) is 0.668. The molecule has 2 heterocycles. The Balaban J connectivity index is 1.41. The Kier molecular flexibility index (Phi) is 6.39. The van der Waals surface area contributed by atoms with Gasteiger partial charge in [0.15, 0.2) is 6.61 Å². The van der Waals surface area contributed by atoms with Crippen LogP contribution in [0.25, 0.3) is 6.08 Å². The largest absolute Gasteiger partial charge is 0.497 e. The molecule has 4 rings (SSSR count). The third kappa shape index (κ3) is 4.86. The molecule has 0 radical (unpaired) electrons. The molecule has 9 nitrogen and oxygen atoms in total. The van der Waals surface area contributed by atoms with Gasteiger partial charge < -0.3 is 19.7 Å². The first kappa shape index (κ1) is 22.8. The summed E-state index contributed by atoms with van der Waals surface area (Å²) in [5.41, 5.74) is 1.84. The summed E-state index contributed by atoms with van der Waals surface area (Å²) in [4.78, 5) is 25.8. The van der Waals surface area contributed by atoms with Crippen molar-refractivity contribution in [2.75, 3.05) is 45.2 Å². The number of nitrogens with one attached hydrogen (secondary N) is 1. The first-order valence-corrected chi connectivity index (χ1v) is 11.9. The predicted octanol–water partition coefficient (Wildman–Crippen LogP) is 1.88. The number of sulfonamides is 1. The van der Waals surface area contributed by atoms with Crippen LogP contribution < -0.4 is 14.8 Å². The second-order valence-corrected chi connectivity index (χ2v) is 9.69. The summed E-state index contributed by atoms with van der Waals surface area (Å²) in [5.74, 6) is 0.619. The van der Waals surface area contributed by atoms with Crippen LogP contribution in [0.3, 0.4) is 0 Å². The van der Waals surface area contributed by atoms with Gasteiger partial charge in [0, 0.05) is 38.3 Å². The molecule has 10 heteroatoms. The summed E-state index contributed by atoms with van der Waals surface area (Å²) in [5, 5.41) is 2.68. The number of carbonyl (C=O) groups is 2. The Labute approximate surface area is 192 Å². The molecule has 0 bridgehead atoms. The molecule has 0 atom stereocenters. The zero-order valence-corrected chi connectivity index (χ0v) is 19.2. The maximum atomic E-state index is 13.3. The number of piperazine rings is 1. The fraction of sp³-hybridized carbons (Fsp3) is 0.304. The monoisotopic (exact) mass is 471 g/mol. The summed E-state index contributed by atoms with van der Waals surface area (Å²) >= 11 is 0. The molecule has 0 saturated carbocycles. The Morgan fingerprint density at radius 3 is 2.48 bits per heavy atom. The Morgan fingerprint density at radius 2 is 1.82 bits per heavy atom. The average Bonchev–Trinajstić information content (AvgIpc) is 2.82. The number of hydrogen-bond donors (Lipinski definition) is 1. The molecule has 33 heavy (non-hydrogen) atoms. The van der Waals surface area contributed by atoms with Crippen molar-refractivity contribution >= 4 is 33.6 Å². The van der Waals surface area contributed by atoms with E-state index in [1.165, 1.54) is 16.4 Å². The predicted molar refractivity (Wildman–Crippen MR) is 123 cm³/mol. The van der Waals surface area contributed by atoms with Gasteiger partial charge in [-0.25, -0.2) is 8.42 Å². The zero-order valence-electron chi connectivity index (χ0n) is 18.4. The normalized spacial score (nSPS) is 16.8. The third-order valence-electron chi connectivity index (χ3n) is 5.61. The summed E-state index contributed by atoms with van der Waals surface area (Å²) in [6, 6.07) is 10.4. The number of carbonyl (C=O) groups excluding carboxylic acids is 2. The van der Waals surface area contributed by atoms with Gasteiger partial charge in [-0.15, -0.1) is 0 Å². The minimum atomic E-state index is -3.78. The maximum Gasteiger partial charge on any atom is 0.262 e. The average molecular weight is 472 g/mol. The highest BCUT2D eigenvalue weighted by molar-refractivity contribution is 7.89. The van der Waals surface area contributed by atoms with Crippen molar-refractivity contribution in [1.82, 2.24) is 9.21 Å². The second-order valence-electron chi connectivity index (χ2n) is 7.79. The number of rotatable bonds is 5. The van der Waals surface area contributed by atoms with Gasteiger partial charge in [-0.1, -0.05) is 12.1 Å². The van der Waals surface area contributed by atoms with Gasteiger partial charge in [0.25, 0.3) is 5.91 Å². The zero-order chi connectivity index (χ0) is 23.6. The van der Waals surface area contributed by atoms with Crippen molar-refractivity contribution in [3.8, 4) is 11.5 Å². The van der Waals surface area contributed by atoms with Crippen molar-refractivity contribution in [3.63, 3.8) is 0 Å². The molecule has 2 amide bonds. The molecule has 0 spiro atoms. The molecular weight excluding hydrogens is 446 g/mol. The van der Waals surface area contributed by atoms with Crippen molar-refractivity contribution in [3.05, 3.63) is 53.6 Å². The van der Waals surface area contributed by atoms with Gasteiger partial charge in [0.2, 0.25) is 15.9 Å². The van der Waals surface area contributed by atoms with E-state index in [1.54, 1.807) is 31.1 Å². The van der Waals surface area contributed by atoms with Crippen LogP contribution in [0.5, 0.6) is 11.5 Å². The first-order valence-electron chi connectivity index (χ1n) is 10.5. The molecule has 0 aromatic heterocycles. The number of nitrogens with zero attached hydrogens (tertiary/aromatic N) is 2. The molecule has 2 aliphatic heterocycles. The van der Waals surface area contributed by atoms with Crippen molar-refractivity contribution in [1.29, 1.82) is 0 Å². The summed E-state index contributed by atoms with van der Waals surface area (Å²) in [6.45, 7) is 2.50. The molecule has 2 aromatic rings. The van der Waals surface area contributed by atoms with E-state index < -0.39 is 10.0 Å². The first-order chi connectivity index (χ1) is 15.8. The van der Waals surface area contributed by atoms with Gasteiger partial charge in [0.1, 0.15) is 11.5 Å². The third-order valence-corrected chi connectivity index (χ3v) is 7.65. The van der Waals surface area contributed by atoms with E-state index in [9.17, 15) is 18.0 Å². The van der Waals surface area contributed by atoms with Crippen LogP contribution in [0.1, 0.15) is 11.1 Å². The Hall–Kier alpha value is -3.37. The minimum absolute atomic E-state index is 0.136. The molecule has 0 unspecified atom stereocenters. The number of benzene rings is 2. The summed E-state index contributed by atoms with van der Waals surface area (Å²) in [7, 11) is -2.19. The number of aryl methyl sites for hydroxylation is 1. The SMILES string of the molecule is COc1ccc(/C=C/C(=O)N2CCN(S(=O)(=O)c3cc4c(cc3C)NC(=O)CO4)CC2)cc1. The number of anilines is 1. The number of hydrogen-bond acceptors (Lipinski definition) is 6. The number of amides is 2. The van der Waals surface area contributed by atoms with Crippen molar-refractivity contribution < 1.29 is 27.5 Å². The smallest absolute Gasteiger partial charge is 0.262 e. The molecule has 2 aromatic carbocycles. The van der Waals surface area contributed by atoms with Crippen LogP contribution >= 0.6 is 0 Å². The van der Waals surface area contributed by atoms with Crippen LogP contribution in [-0.2, 0) is 19.6 Å². The molecule has 0 aliphatic carbocycles.